The maximum Gasteiger partial charge on any atom is 0.196 e. The van der Waals surface area contributed by atoms with Gasteiger partial charge in [-0.25, -0.2) is 5.12 Å². The van der Waals surface area contributed by atoms with Crippen molar-refractivity contribution >= 4 is 17.1 Å². The predicted molar refractivity (Wildman–Crippen MR) is 54.3 cm³/mol. The minimum Gasteiger partial charge on any atom is -0.376 e. The van der Waals surface area contributed by atoms with Crippen LogP contribution in [0.5, 0.6) is 0 Å². The highest BCUT2D eigenvalue weighted by atomic mass is 32.2. The molecule has 1 aliphatic heterocycles. The van der Waals surface area contributed by atoms with Gasteiger partial charge >= 0.3 is 0 Å². The molecule has 0 radical (unpaired) electrons. The summed E-state index contributed by atoms with van der Waals surface area (Å²) in [5.74, 6) is 0. The fourth-order valence-electron chi connectivity index (χ4n) is 1.08. The number of benzene rings is 1. The van der Waals surface area contributed by atoms with E-state index in [-0.39, 0.29) is 0 Å². The molecular weight excluding hydrogens is 184 g/mol. The van der Waals surface area contributed by atoms with E-state index in [9.17, 15) is 0 Å². The van der Waals surface area contributed by atoms with Crippen LogP contribution in [-0.4, -0.2) is 10.3 Å². The van der Waals surface area contributed by atoms with Crippen molar-refractivity contribution in [2.45, 2.75) is 6.54 Å². The molecule has 2 rings (SSSR count). The second kappa shape index (κ2) is 3.68. The average Bonchev–Trinajstić information content (AvgIpc) is 2.53. The lowest BCUT2D eigenvalue weighted by Crippen LogP contribution is -2.22. The van der Waals surface area contributed by atoms with Gasteiger partial charge in [0.1, 0.15) is 0 Å². The van der Waals surface area contributed by atoms with Gasteiger partial charge in [0.05, 0.1) is 6.54 Å². The van der Waals surface area contributed by atoms with E-state index in [4.69, 9.17) is 5.73 Å². The van der Waals surface area contributed by atoms with E-state index in [1.807, 2.05) is 18.2 Å². The Morgan fingerprint density at radius 1 is 1.38 bits per heavy atom. The zero-order valence-electron chi connectivity index (χ0n) is 6.97. The highest BCUT2D eigenvalue weighted by molar-refractivity contribution is 8.12. The number of hydrazone groups is 1. The number of hydrogen-bond donors (Lipinski definition) is 2. The lowest BCUT2D eigenvalue weighted by atomic mass is 10.2. The van der Waals surface area contributed by atoms with E-state index >= 15 is 0 Å². The Kier molecular flexibility index (Phi) is 2.37. The molecule has 4 nitrogen and oxygen atoms in total. The number of nitrogens with zero attached hydrogens (tertiary/aromatic N) is 2. The Labute approximate surface area is 80.9 Å². The first-order valence-electron chi connectivity index (χ1n) is 3.92. The molecule has 0 unspecified atom stereocenters. The third-order valence-electron chi connectivity index (χ3n) is 1.65. The smallest absolute Gasteiger partial charge is 0.196 e. The van der Waals surface area contributed by atoms with Crippen LogP contribution in [0.25, 0.3) is 0 Å². The van der Waals surface area contributed by atoms with Crippen molar-refractivity contribution in [3.63, 3.8) is 0 Å². The predicted octanol–water partition coefficient (Wildman–Crippen LogP) is 0.885. The molecule has 0 aromatic heterocycles. The van der Waals surface area contributed by atoms with Crippen LogP contribution >= 0.6 is 11.9 Å². The minimum absolute atomic E-state index is 0.552. The Morgan fingerprint density at radius 3 is 2.77 bits per heavy atom. The van der Waals surface area contributed by atoms with Crippen molar-refractivity contribution in [3.05, 3.63) is 35.9 Å². The average molecular weight is 194 g/mol. The number of rotatable bonds is 2. The van der Waals surface area contributed by atoms with Gasteiger partial charge in [0.15, 0.2) is 5.17 Å². The van der Waals surface area contributed by atoms with E-state index in [0.717, 1.165) is 6.54 Å². The Balaban J connectivity index is 2.00. The molecule has 0 saturated carbocycles. The molecule has 1 aliphatic rings. The van der Waals surface area contributed by atoms with Gasteiger partial charge in [0.2, 0.25) is 0 Å². The van der Waals surface area contributed by atoms with E-state index in [2.05, 4.69) is 22.1 Å². The summed E-state index contributed by atoms with van der Waals surface area (Å²) in [7, 11) is 0. The highest BCUT2D eigenvalue weighted by Crippen LogP contribution is 2.10. The molecule has 1 heterocycles. The van der Waals surface area contributed by atoms with Crippen molar-refractivity contribution in [3.8, 4) is 0 Å². The summed E-state index contributed by atoms with van der Waals surface area (Å²) in [5.41, 5.74) is 6.69. The third-order valence-corrected chi connectivity index (χ3v) is 2.24. The first-order chi connectivity index (χ1) is 6.34. The number of nitrogens with two attached hydrogens (primary N) is 1. The zero-order chi connectivity index (χ0) is 9.10. The molecule has 1 aromatic rings. The summed E-state index contributed by atoms with van der Waals surface area (Å²) in [4.78, 5) is 2.98. The Morgan fingerprint density at radius 2 is 2.15 bits per heavy atom. The fourth-order valence-corrected chi connectivity index (χ4v) is 1.53. The molecule has 0 spiro atoms. The lowest BCUT2D eigenvalue weighted by Gasteiger charge is -2.11. The van der Waals surface area contributed by atoms with Crippen LogP contribution < -0.4 is 10.6 Å². The summed E-state index contributed by atoms with van der Waals surface area (Å²) in [5, 5.41) is 6.33. The summed E-state index contributed by atoms with van der Waals surface area (Å²) in [6.07, 6.45) is 0. The Hall–Kier alpha value is -1.20. The molecule has 3 N–H and O–H groups in total. The zero-order valence-corrected chi connectivity index (χ0v) is 7.79. The van der Waals surface area contributed by atoms with Crippen LogP contribution in [0, 0.1) is 0 Å². The first-order valence-corrected chi connectivity index (χ1v) is 4.74. The van der Waals surface area contributed by atoms with Gasteiger partial charge in [-0.2, -0.15) is 4.83 Å². The topological polar surface area (TPSA) is 53.6 Å². The Bertz CT molecular complexity index is 311. The molecule has 0 atom stereocenters. The van der Waals surface area contributed by atoms with Gasteiger partial charge < -0.3 is 5.73 Å². The molecule has 13 heavy (non-hydrogen) atoms. The maximum absolute atomic E-state index is 5.49. The largest absolute Gasteiger partial charge is 0.376 e. The maximum atomic E-state index is 5.49. The second-order valence-electron chi connectivity index (χ2n) is 2.67. The molecule has 0 bridgehead atoms. The summed E-state index contributed by atoms with van der Waals surface area (Å²) in [6, 6.07) is 10.1. The number of amidine groups is 1. The van der Waals surface area contributed by atoms with Crippen LogP contribution in [0.3, 0.4) is 0 Å². The first kappa shape index (κ1) is 8.40. The standard InChI is InChI=1S/C8H10N4S/c9-8-10-12(11-13-8)6-7-4-2-1-3-5-7/h1-5,11H,6H2,(H2,9,10). The SMILES string of the molecule is NC1=NN(Cc2ccccc2)NS1. The quantitative estimate of drug-likeness (QED) is 0.686. The van der Waals surface area contributed by atoms with Crippen molar-refractivity contribution in [1.82, 2.24) is 9.95 Å². The lowest BCUT2D eigenvalue weighted by molar-refractivity contribution is 0.263. The van der Waals surface area contributed by atoms with Crippen LogP contribution in [-0.2, 0) is 6.54 Å². The van der Waals surface area contributed by atoms with Crippen LogP contribution in [0.2, 0.25) is 0 Å². The summed E-state index contributed by atoms with van der Waals surface area (Å²) >= 11 is 1.33. The minimum atomic E-state index is 0.552. The summed E-state index contributed by atoms with van der Waals surface area (Å²) < 4.78 is 0. The van der Waals surface area contributed by atoms with Gasteiger partial charge in [-0.05, 0) is 5.56 Å². The molecule has 0 saturated heterocycles. The second-order valence-corrected chi connectivity index (χ2v) is 3.48. The molecular formula is C8H10N4S. The van der Waals surface area contributed by atoms with Crippen molar-refractivity contribution in [2.24, 2.45) is 10.8 Å². The highest BCUT2D eigenvalue weighted by Gasteiger charge is 2.11. The van der Waals surface area contributed by atoms with Crippen molar-refractivity contribution in [2.75, 3.05) is 0 Å². The molecule has 1 aromatic carbocycles. The molecule has 68 valence electrons. The normalized spacial score (nSPS) is 16.0. The summed E-state index contributed by atoms with van der Waals surface area (Å²) in [6.45, 7) is 0.731. The van der Waals surface area contributed by atoms with Gasteiger partial charge in [0, 0.05) is 11.9 Å². The van der Waals surface area contributed by atoms with E-state index < -0.39 is 0 Å². The van der Waals surface area contributed by atoms with E-state index in [1.165, 1.54) is 17.5 Å². The number of hydrazine groups is 1. The molecule has 0 amide bonds. The fraction of sp³-hybridized carbons (Fsp3) is 0.125. The van der Waals surface area contributed by atoms with Crippen molar-refractivity contribution in [1.29, 1.82) is 0 Å². The van der Waals surface area contributed by atoms with Gasteiger partial charge in [-0.1, -0.05) is 30.3 Å². The van der Waals surface area contributed by atoms with Gasteiger partial charge in [-0.15, -0.1) is 5.10 Å². The van der Waals surface area contributed by atoms with Gasteiger partial charge in [-0.3, -0.25) is 0 Å². The molecule has 0 aliphatic carbocycles. The number of hydrogen-bond acceptors (Lipinski definition) is 5. The third kappa shape index (κ3) is 2.13. The van der Waals surface area contributed by atoms with E-state index in [1.54, 1.807) is 5.12 Å². The van der Waals surface area contributed by atoms with Crippen molar-refractivity contribution < 1.29 is 0 Å². The monoisotopic (exact) mass is 194 g/mol. The molecule has 0 fully saturated rings. The number of nitrogens with one attached hydrogen (secondary N) is 1. The van der Waals surface area contributed by atoms with Crippen LogP contribution in [0.4, 0.5) is 0 Å². The van der Waals surface area contributed by atoms with Gasteiger partial charge in [0.25, 0.3) is 0 Å². The van der Waals surface area contributed by atoms with Crippen LogP contribution in [0.1, 0.15) is 5.56 Å². The van der Waals surface area contributed by atoms with Crippen LogP contribution in [0.15, 0.2) is 35.4 Å². The molecule has 5 heteroatoms. The van der Waals surface area contributed by atoms with E-state index in [0.29, 0.717) is 5.17 Å².